The molecule has 1 heterocycles. The highest BCUT2D eigenvalue weighted by Gasteiger charge is 2.34. The molecule has 0 N–H and O–H groups in total. The molecule has 9 heteroatoms. The van der Waals surface area contributed by atoms with Crippen molar-refractivity contribution in [2.24, 2.45) is 0 Å². The molecular weight excluding hydrogens is 359 g/mol. The average Bonchev–Trinajstić information content (AvgIpc) is 2.39. The molecule has 0 atom stereocenters. The summed E-state index contributed by atoms with van der Waals surface area (Å²) in [6.45, 7) is 1.71. The molecule has 118 valence electrons. The summed E-state index contributed by atoms with van der Waals surface area (Å²) in [5.74, 6) is -1.12. The number of hydrogen-bond donors (Lipinski definition) is 0. The van der Waals surface area contributed by atoms with Crippen LogP contribution in [0.3, 0.4) is 0 Å². The highest BCUT2D eigenvalue weighted by Crippen LogP contribution is 2.36. The van der Waals surface area contributed by atoms with Gasteiger partial charge in [-0.25, -0.2) is 0 Å². The predicted octanol–water partition coefficient (Wildman–Crippen LogP) is 2.99. The number of halogens is 4. The molecule has 0 aliphatic rings. The van der Waals surface area contributed by atoms with E-state index in [0.29, 0.717) is 0 Å². The number of rotatable bonds is 6. The fourth-order valence-electron chi connectivity index (χ4n) is 1.57. The van der Waals surface area contributed by atoms with Crippen LogP contribution in [-0.4, -0.2) is 31.0 Å². The molecule has 0 bridgehead atoms. The van der Waals surface area contributed by atoms with E-state index in [1.54, 1.807) is 6.92 Å². The number of ether oxygens (including phenoxy) is 3. The van der Waals surface area contributed by atoms with Crippen molar-refractivity contribution in [2.45, 2.75) is 25.0 Å². The third kappa shape index (κ3) is 5.07. The van der Waals surface area contributed by atoms with Crippen molar-refractivity contribution >= 4 is 21.9 Å². The number of esters is 1. The molecule has 21 heavy (non-hydrogen) atoms. The van der Waals surface area contributed by atoms with E-state index in [-0.39, 0.29) is 28.9 Å². The molecule has 0 aliphatic carbocycles. The summed E-state index contributed by atoms with van der Waals surface area (Å²) in [5.41, 5.74) is -0.0508. The van der Waals surface area contributed by atoms with Crippen molar-refractivity contribution in [1.29, 1.82) is 0 Å². The van der Waals surface area contributed by atoms with Gasteiger partial charge in [-0.2, -0.15) is 0 Å². The number of carbonyl (C=O) groups excluding carboxylic acids is 1. The van der Waals surface area contributed by atoms with Gasteiger partial charge in [0.05, 0.1) is 37.6 Å². The number of pyridine rings is 1. The molecule has 0 aliphatic heterocycles. The van der Waals surface area contributed by atoms with Crippen LogP contribution in [0.5, 0.6) is 11.5 Å². The molecule has 0 fully saturated rings. The molecule has 1 aromatic rings. The van der Waals surface area contributed by atoms with Gasteiger partial charge in [0.2, 0.25) is 0 Å². The third-order valence-corrected chi connectivity index (χ3v) is 2.92. The first-order valence-corrected chi connectivity index (χ1v) is 6.96. The largest absolute Gasteiger partial charge is 0.573 e. The molecule has 0 radical (unpaired) electrons. The lowest BCUT2D eigenvalue weighted by Crippen LogP contribution is -2.21. The molecule has 0 spiro atoms. The Kier molecular flexibility index (Phi) is 6.25. The third-order valence-electron chi connectivity index (χ3n) is 2.36. The summed E-state index contributed by atoms with van der Waals surface area (Å²) in [4.78, 5) is 15.2. The van der Waals surface area contributed by atoms with Crippen LogP contribution in [0.4, 0.5) is 13.2 Å². The van der Waals surface area contributed by atoms with E-state index in [4.69, 9.17) is 9.47 Å². The Labute approximate surface area is 127 Å². The Balaban J connectivity index is 3.25. The summed E-state index contributed by atoms with van der Waals surface area (Å²) in [5, 5.41) is 0.0416. The van der Waals surface area contributed by atoms with E-state index in [1.807, 2.05) is 0 Å². The number of aromatic nitrogens is 1. The van der Waals surface area contributed by atoms with Gasteiger partial charge in [-0.15, -0.1) is 13.2 Å². The maximum absolute atomic E-state index is 12.5. The van der Waals surface area contributed by atoms with Crippen LogP contribution in [0.2, 0.25) is 0 Å². The molecule has 1 rings (SSSR count). The predicted molar refractivity (Wildman–Crippen MR) is 70.4 cm³/mol. The topological polar surface area (TPSA) is 57.7 Å². The van der Waals surface area contributed by atoms with E-state index >= 15 is 0 Å². The fourth-order valence-corrected chi connectivity index (χ4v) is 2.10. The number of hydrogen-bond acceptors (Lipinski definition) is 5. The first kappa shape index (κ1) is 17.5. The van der Waals surface area contributed by atoms with Crippen LogP contribution in [0.15, 0.2) is 6.20 Å². The van der Waals surface area contributed by atoms with Crippen LogP contribution in [0.25, 0.3) is 0 Å². The Morgan fingerprint density at radius 3 is 2.57 bits per heavy atom. The van der Waals surface area contributed by atoms with E-state index in [1.165, 1.54) is 13.3 Å². The van der Waals surface area contributed by atoms with Crippen LogP contribution in [0.1, 0.15) is 18.2 Å². The van der Waals surface area contributed by atoms with Crippen molar-refractivity contribution in [2.75, 3.05) is 13.7 Å². The second kappa shape index (κ2) is 7.48. The Bertz CT molecular complexity index is 508. The van der Waals surface area contributed by atoms with Gasteiger partial charge in [0.1, 0.15) is 5.75 Å². The molecule has 0 aromatic carbocycles. The quantitative estimate of drug-likeness (QED) is 0.568. The Morgan fingerprint density at radius 1 is 1.43 bits per heavy atom. The number of methoxy groups -OCH3 is 1. The lowest BCUT2D eigenvalue weighted by atomic mass is 10.1. The van der Waals surface area contributed by atoms with Crippen molar-refractivity contribution < 1.29 is 32.2 Å². The van der Waals surface area contributed by atoms with Crippen molar-refractivity contribution in [3.63, 3.8) is 0 Å². The first-order valence-electron chi connectivity index (χ1n) is 5.84. The van der Waals surface area contributed by atoms with Crippen LogP contribution in [0, 0.1) is 0 Å². The van der Waals surface area contributed by atoms with E-state index in [9.17, 15) is 18.0 Å². The normalized spacial score (nSPS) is 11.1. The van der Waals surface area contributed by atoms with Crippen molar-refractivity contribution in [3.05, 3.63) is 17.5 Å². The van der Waals surface area contributed by atoms with Gasteiger partial charge in [0.25, 0.3) is 0 Å². The molecule has 0 saturated carbocycles. The molecule has 5 nitrogen and oxygen atoms in total. The Morgan fingerprint density at radius 2 is 2.10 bits per heavy atom. The highest BCUT2D eigenvalue weighted by molar-refractivity contribution is 9.08. The van der Waals surface area contributed by atoms with Crippen molar-refractivity contribution in [1.82, 2.24) is 4.98 Å². The second-order valence-corrected chi connectivity index (χ2v) is 4.30. The summed E-state index contributed by atoms with van der Waals surface area (Å²) in [7, 11) is 1.30. The lowest BCUT2D eigenvalue weighted by molar-refractivity contribution is -0.275. The molecule has 0 saturated heterocycles. The highest BCUT2D eigenvalue weighted by atomic mass is 79.9. The first-order chi connectivity index (χ1) is 9.82. The van der Waals surface area contributed by atoms with Gasteiger partial charge in [-0.3, -0.25) is 9.78 Å². The fraction of sp³-hybridized carbons (Fsp3) is 0.500. The molecule has 0 amide bonds. The van der Waals surface area contributed by atoms with Gasteiger partial charge in [-0.1, -0.05) is 15.9 Å². The standard InChI is InChI=1S/C12H13BrF3NO4/c1-3-20-10(18)4-8-11(21-12(14,15)16)7(5-13)9(19-2)6-17-8/h6H,3-5H2,1-2H3. The summed E-state index contributed by atoms with van der Waals surface area (Å²) in [6, 6.07) is 0. The molecular formula is C12H13BrF3NO4. The second-order valence-electron chi connectivity index (χ2n) is 3.74. The van der Waals surface area contributed by atoms with Crippen molar-refractivity contribution in [3.8, 4) is 11.5 Å². The van der Waals surface area contributed by atoms with E-state index < -0.39 is 24.5 Å². The zero-order valence-electron chi connectivity index (χ0n) is 11.3. The minimum atomic E-state index is -4.91. The van der Waals surface area contributed by atoms with Gasteiger partial charge in [0.15, 0.2) is 5.75 Å². The maximum Gasteiger partial charge on any atom is 0.573 e. The zero-order valence-corrected chi connectivity index (χ0v) is 12.9. The minimum Gasteiger partial charge on any atom is -0.495 e. The summed E-state index contributed by atoms with van der Waals surface area (Å²) in [6.07, 6.45) is -4.11. The number of carbonyl (C=O) groups is 1. The van der Waals surface area contributed by atoms with Gasteiger partial charge in [-0.05, 0) is 6.92 Å². The smallest absolute Gasteiger partial charge is 0.495 e. The monoisotopic (exact) mass is 371 g/mol. The van der Waals surface area contributed by atoms with E-state index in [0.717, 1.165) is 0 Å². The number of nitrogens with zero attached hydrogens (tertiary/aromatic N) is 1. The van der Waals surface area contributed by atoms with Gasteiger partial charge < -0.3 is 14.2 Å². The summed E-state index contributed by atoms with van der Waals surface area (Å²) >= 11 is 3.07. The minimum absolute atomic E-state index is 0.0416. The SMILES string of the molecule is CCOC(=O)Cc1ncc(OC)c(CBr)c1OC(F)(F)F. The van der Waals surface area contributed by atoms with Crippen LogP contribution >= 0.6 is 15.9 Å². The van der Waals surface area contributed by atoms with Gasteiger partial charge in [0, 0.05) is 5.33 Å². The summed E-state index contributed by atoms with van der Waals surface area (Å²) < 4.78 is 51.3. The maximum atomic E-state index is 12.5. The molecule has 0 unspecified atom stereocenters. The van der Waals surface area contributed by atoms with Crippen LogP contribution in [-0.2, 0) is 21.3 Å². The number of alkyl halides is 4. The lowest BCUT2D eigenvalue weighted by Gasteiger charge is -2.17. The molecule has 1 aromatic heterocycles. The average molecular weight is 372 g/mol. The van der Waals surface area contributed by atoms with Gasteiger partial charge >= 0.3 is 12.3 Å². The zero-order chi connectivity index (χ0) is 16.0. The van der Waals surface area contributed by atoms with Crippen LogP contribution < -0.4 is 9.47 Å². The Hall–Kier alpha value is -1.51. The van der Waals surface area contributed by atoms with E-state index in [2.05, 4.69) is 25.7 Å².